The van der Waals surface area contributed by atoms with Gasteiger partial charge >= 0.3 is 5.97 Å². The van der Waals surface area contributed by atoms with Crippen LogP contribution >= 0.6 is 0 Å². The maximum atomic E-state index is 11.0. The molecule has 1 aliphatic heterocycles. The predicted molar refractivity (Wildman–Crippen MR) is 40.1 cm³/mol. The molecular weight excluding hydrogens is 144 g/mol. The number of carbonyl (C=O) groups is 1. The Kier molecular flexibility index (Phi) is 1.66. The van der Waals surface area contributed by atoms with E-state index in [1.807, 2.05) is 6.92 Å². The molecule has 1 aliphatic rings. The Labute approximate surface area is 65.7 Å². The molecule has 1 heterocycles. The largest absolute Gasteiger partial charge is 0.507 e. The second-order valence-electron chi connectivity index (χ2n) is 3.08. The molecule has 62 valence electrons. The van der Waals surface area contributed by atoms with Crippen molar-refractivity contribution < 1.29 is 14.6 Å². The van der Waals surface area contributed by atoms with E-state index in [-0.39, 0.29) is 5.76 Å². The van der Waals surface area contributed by atoms with Gasteiger partial charge < -0.3 is 9.84 Å². The van der Waals surface area contributed by atoms with Crippen LogP contribution in [0.4, 0.5) is 0 Å². The van der Waals surface area contributed by atoms with E-state index in [4.69, 9.17) is 4.74 Å². The Bertz CT molecular complexity index is 225. The van der Waals surface area contributed by atoms with Crippen molar-refractivity contribution in [1.29, 1.82) is 0 Å². The fourth-order valence-corrected chi connectivity index (χ4v) is 1.11. The zero-order valence-corrected chi connectivity index (χ0v) is 6.97. The summed E-state index contributed by atoms with van der Waals surface area (Å²) in [6.07, 6.45) is 0.522. The van der Waals surface area contributed by atoms with Gasteiger partial charge in [0.2, 0.25) is 0 Å². The second kappa shape index (κ2) is 2.26. The number of rotatable bonds is 1. The number of cyclic esters (lactones) is 1. The van der Waals surface area contributed by atoms with Gasteiger partial charge in [-0.05, 0) is 20.3 Å². The lowest BCUT2D eigenvalue weighted by Gasteiger charge is -2.16. The van der Waals surface area contributed by atoms with E-state index in [9.17, 15) is 9.90 Å². The molecule has 3 heteroatoms. The lowest BCUT2D eigenvalue weighted by molar-refractivity contribution is -0.145. The SMILES string of the molecule is CCC1=C(O)C(C)(C)OC1=O. The fraction of sp³-hybridized carbons (Fsp3) is 0.625. The van der Waals surface area contributed by atoms with Gasteiger partial charge in [0.05, 0.1) is 5.57 Å². The van der Waals surface area contributed by atoms with Crippen molar-refractivity contribution >= 4 is 5.97 Å². The summed E-state index contributed by atoms with van der Waals surface area (Å²) in [5, 5.41) is 9.42. The van der Waals surface area contributed by atoms with E-state index in [1.54, 1.807) is 13.8 Å². The van der Waals surface area contributed by atoms with Gasteiger partial charge in [-0.2, -0.15) is 0 Å². The van der Waals surface area contributed by atoms with Crippen LogP contribution < -0.4 is 0 Å². The second-order valence-corrected chi connectivity index (χ2v) is 3.08. The van der Waals surface area contributed by atoms with Crippen molar-refractivity contribution in [2.45, 2.75) is 32.8 Å². The van der Waals surface area contributed by atoms with Crippen LogP contribution in [0.3, 0.4) is 0 Å². The summed E-state index contributed by atoms with van der Waals surface area (Å²) < 4.78 is 4.90. The number of aliphatic hydroxyl groups excluding tert-OH is 1. The zero-order valence-electron chi connectivity index (χ0n) is 6.97. The first kappa shape index (κ1) is 8.11. The molecule has 0 fully saturated rings. The number of aliphatic hydroxyl groups is 1. The average Bonchev–Trinajstić information content (AvgIpc) is 2.04. The third-order valence-electron chi connectivity index (χ3n) is 1.80. The lowest BCUT2D eigenvalue weighted by Crippen LogP contribution is -2.22. The molecule has 0 aliphatic carbocycles. The highest BCUT2D eigenvalue weighted by Crippen LogP contribution is 2.31. The summed E-state index contributed by atoms with van der Waals surface area (Å²) in [7, 11) is 0. The van der Waals surface area contributed by atoms with Crippen molar-refractivity contribution in [2.75, 3.05) is 0 Å². The van der Waals surface area contributed by atoms with Gasteiger partial charge in [-0.3, -0.25) is 0 Å². The van der Waals surface area contributed by atoms with Crippen molar-refractivity contribution in [3.8, 4) is 0 Å². The van der Waals surface area contributed by atoms with Crippen molar-refractivity contribution in [2.24, 2.45) is 0 Å². The van der Waals surface area contributed by atoms with Crippen molar-refractivity contribution in [1.82, 2.24) is 0 Å². The Morgan fingerprint density at radius 3 is 2.27 bits per heavy atom. The first-order valence-electron chi connectivity index (χ1n) is 3.65. The highest BCUT2D eigenvalue weighted by molar-refractivity contribution is 5.92. The minimum Gasteiger partial charge on any atom is -0.507 e. The molecule has 3 nitrogen and oxygen atoms in total. The van der Waals surface area contributed by atoms with Crippen LogP contribution in [0.15, 0.2) is 11.3 Å². The van der Waals surface area contributed by atoms with Crippen LogP contribution in [0.25, 0.3) is 0 Å². The van der Waals surface area contributed by atoms with Crippen LogP contribution in [0.5, 0.6) is 0 Å². The summed E-state index contributed by atoms with van der Waals surface area (Å²) in [4.78, 5) is 11.0. The normalized spacial score (nSPS) is 22.3. The van der Waals surface area contributed by atoms with Crippen LogP contribution in [0, 0.1) is 0 Å². The fourth-order valence-electron chi connectivity index (χ4n) is 1.11. The maximum Gasteiger partial charge on any atom is 0.338 e. The molecule has 0 amide bonds. The Morgan fingerprint density at radius 2 is 2.09 bits per heavy atom. The predicted octanol–water partition coefficient (Wildman–Crippen LogP) is 1.54. The number of carbonyl (C=O) groups excluding carboxylic acids is 1. The monoisotopic (exact) mass is 156 g/mol. The van der Waals surface area contributed by atoms with Gasteiger partial charge in [-0.15, -0.1) is 0 Å². The molecule has 0 unspecified atom stereocenters. The molecule has 0 aromatic heterocycles. The summed E-state index contributed by atoms with van der Waals surface area (Å²) in [5.74, 6) is -0.319. The summed E-state index contributed by atoms with van der Waals surface area (Å²) in [6.45, 7) is 5.15. The highest BCUT2D eigenvalue weighted by atomic mass is 16.6. The zero-order chi connectivity index (χ0) is 8.65. The maximum absolute atomic E-state index is 11.0. The molecule has 0 saturated carbocycles. The summed E-state index contributed by atoms with van der Waals surface area (Å²) in [5.41, 5.74) is -0.419. The number of ether oxygens (including phenoxy) is 1. The molecule has 1 rings (SSSR count). The van der Waals surface area contributed by atoms with Crippen LogP contribution in [-0.4, -0.2) is 16.7 Å². The van der Waals surface area contributed by atoms with E-state index in [1.165, 1.54) is 0 Å². The number of esters is 1. The molecule has 0 aromatic carbocycles. The third kappa shape index (κ3) is 1.11. The molecule has 0 saturated heterocycles. The van der Waals surface area contributed by atoms with Gasteiger partial charge in [-0.1, -0.05) is 6.92 Å². The quantitative estimate of drug-likeness (QED) is 0.586. The summed E-state index contributed by atoms with van der Waals surface area (Å²) >= 11 is 0. The van der Waals surface area contributed by atoms with Crippen LogP contribution in [0.2, 0.25) is 0 Å². The van der Waals surface area contributed by atoms with E-state index >= 15 is 0 Å². The van der Waals surface area contributed by atoms with Gasteiger partial charge in [0.25, 0.3) is 0 Å². The molecule has 0 aromatic rings. The topological polar surface area (TPSA) is 46.5 Å². The number of hydrogen-bond acceptors (Lipinski definition) is 3. The minimum atomic E-state index is -0.817. The van der Waals surface area contributed by atoms with E-state index in [0.29, 0.717) is 12.0 Å². The van der Waals surface area contributed by atoms with E-state index in [0.717, 1.165) is 0 Å². The first-order chi connectivity index (χ1) is 4.99. The average molecular weight is 156 g/mol. The highest BCUT2D eigenvalue weighted by Gasteiger charge is 2.39. The van der Waals surface area contributed by atoms with Gasteiger partial charge in [0.15, 0.2) is 5.60 Å². The Balaban J connectivity index is 3.05. The van der Waals surface area contributed by atoms with Gasteiger partial charge in [0.1, 0.15) is 5.76 Å². The number of hydrogen-bond donors (Lipinski definition) is 1. The Hall–Kier alpha value is -0.990. The molecule has 0 spiro atoms. The smallest absolute Gasteiger partial charge is 0.338 e. The standard InChI is InChI=1S/C8H12O3/c1-4-5-6(9)8(2,3)11-7(5)10/h9H,4H2,1-3H3. The van der Waals surface area contributed by atoms with Crippen molar-refractivity contribution in [3.63, 3.8) is 0 Å². The van der Waals surface area contributed by atoms with Crippen LogP contribution in [0.1, 0.15) is 27.2 Å². The van der Waals surface area contributed by atoms with E-state index in [2.05, 4.69) is 0 Å². The van der Waals surface area contributed by atoms with Gasteiger partial charge in [0, 0.05) is 0 Å². The van der Waals surface area contributed by atoms with Crippen molar-refractivity contribution in [3.05, 3.63) is 11.3 Å². The third-order valence-corrected chi connectivity index (χ3v) is 1.80. The lowest BCUT2D eigenvalue weighted by atomic mass is 10.0. The first-order valence-corrected chi connectivity index (χ1v) is 3.65. The van der Waals surface area contributed by atoms with E-state index < -0.39 is 11.6 Å². The molecule has 0 atom stereocenters. The molecule has 0 radical (unpaired) electrons. The van der Waals surface area contributed by atoms with Gasteiger partial charge in [-0.25, -0.2) is 4.79 Å². The molecule has 1 N–H and O–H groups in total. The molecular formula is C8H12O3. The molecule has 11 heavy (non-hydrogen) atoms. The van der Waals surface area contributed by atoms with Crippen LogP contribution in [-0.2, 0) is 9.53 Å². The minimum absolute atomic E-state index is 0.0741. The molecule has 0 bridgehead atoms. The Morgan fingerprint density at radius 1 is 1.55 bits per heavy atom. The summed E-state index contributed by atoms with van der Waals surface area (Å²) in [6, 6.07) is 0.